The maximum absolute atomic E-state index is 12.8. The molecule has 8 heteroatoms. The summed E-state index contributed by atoms with van der Waals surface area (Å²) in [6.45, 7) is 0.721. The van der Waals surface area contributed by atoms with Crippen LogP contribution < -0.4 is 14.8 Å². The summed E-state index contributed by atoms with van der Waals surface area (Å²) in [6.07, 6.45) is 0.684. The zero-order valence-corrected chi connectivity index (χ0v) is 19.8. The Morgan fingerprint density at radius 2 is 1.57 bits per heavy atom. The fraction of sp³-hybridized carbons (Fsp3) is 0.148. The van der Waals surface area contributed by atoms with Crippen molar-refractivity contribution in [3.05, 3.63) is 96.6 Å². The van der Waals surface area contributed by atoms with Gasteiger partial charge in [0.2, 0.25) is 0 Å². The number of rotatable bonds is 11. The van der Waals surface area contributed by atoms with Crippen LogP contribution in [0.4, 0.5) is 5.69 Å². The van der Waals surface area contributed by atoms with Crippen LogP contribution in [0.25, 0.3) is 10.8 Å². The number of carbonyl (C=O) groups is 1. The van der Waals surface area contributed by atoms with Crippen LogP contribution in [0.2, 0.25) is 0 Å². The third-order valence-corrected chi connectivity index (χ3v) is 6.77. The normalized spacial score (nSPS) is 11.3. The highest BCUT2D eigenvalue weighted by molar-refractivity contribution is 7.92. The molecule has 180 valence electrons. The number of phenolic OH excluding ortho intramolecular Hbond substituents is 1. The van der Waals surface area contributed by atoms with E-state index in [1.54, 1.807) is 42.5 Å². The summed E-state index contributed by atoms with van der Waals surface area (Å²) in [5, 5.41) is 14.2. The molecule has 0 aromatic heterocycles. The molecule has 0 saturated carbocycles. The van der Waals surface area contributed by atoms with Gasteiger partial charge in [0.1, 0.15) is 18.1 Å². The second-order valence-electron chi connectivity index (χ2n) is 8.06. The minimum Gasteiger partial charge on any atom is -0.508 e. The molecule has 0 spiro atoms. The lowest BCUT2D eigenvalue weighted by Gasteiger charge is -2.10. The lowest BCUT2D eigenvalue weighted by molar-refractivity contribution is -0.120. The van der Waals surface area contributed by atoms with Gasteiger partial charge in [0, 0.05) is 5.69 Å². The van der Waals surface area contributed by atoms with Gasteiger partial charge < -0.3 is 15.2 Å². The topological polar surface area (TPSA) is 105 Å². The third-order valence-electron chi connectivity index (χ3n) is 5.39. The second kappa shape index (κ2) is 11.0. The van der Waals surface area contributed by atoms with Crippen LogP contribution in [0.1, 0.15) is 5.56 Å². The van der Waals surface area contributed by atoms with Crippen molar-refractivity contribution in [1.29, 1.82) is 0 Å². The van der Waals surface area contributed by atoms with E-state index in [-0.39, 0.29) is 29.6 Å². The molecule has 4 rings (SSSR count). The largest absolute Gasteiger partial charge is 0.508 e. The number of benzene rings is 4. The predicted octanol–water partition coefficient (Wildman–Crippen LogP) is 4.13. The highest BCUT2D eigenvalue weighted by Gasteiger charge is 2.14. The van der Waals surface area contributed by atoms with E-state index in [0.29, 0.717) is 24.4 Å². The van der Waals surface area contributed by atoms with Crippen molar-refractivity contribution in [2.24, 2.45) is 0 Å². The van der Waals surface area contributed by atoms with Crippen molar-refractivity contribution in [2.45, 2.75) is 11.3 Å². The first-order valence-corrected chi connectivity index (χ1v) is 12.6. The molecular weight excluding hydrogens is 464 g/mol. The molecule has 0 aliphatic carbocycles. The average Bonchev–Trinajstić information content (AvgIpc) is 2.87. The van der Waals surface area contributed by atoms with Crippen LogP contribution in [-0.2, 0) is 21.2 Å². The van der Waals surface area contributed by atoms with Crippen LogP contribution in [0.15, 0.2) is 95.9 Å². The third kappa shape index (κ3) is 6.81. The van der Waals surface area contributed by atoms with Crippen LogP contribution >= 0.6 is 0 Å². The van der Waals surface area contributed by atoms with Gasteiger partial charge in [0.25, 0.3) is 10.0 Å². The number of sulfonamides is 1. The van der Waals surface area contributed by atoms with E-state index in [0.717, 1.165) is 16.3 Å². The Balaban J connectivity index is 1.22. The van der Waals surface area contributed by atoms with Crippen molar-refractivity contribution < 1.29 is 23.1 Å². The van der Waals surface area contributed by atoms with E-state index in [4.69, 9.17) is 4.74 Å². The van der Waals surface area contributed by atoms with Crippen molar-refractivity contribution in [1.82, 2.24) is 5.32 Å². The molecule has 0 bridgehead atoms. The maximum atomic E-state index is 12.8. The molecule has 35 heavy (non-hydrogen) atoms. The van der Waals surface area contributed by atoms with Crippen molar-refractivity contribution in [3.63, 3.8) is 0 Å². The van der Waals surface area contributed by atoms with E-state index in [2.05, 4.69) is 10.0 Å². The molecule has 0 atom stereocenters. The summed E-state index contributed by atoms with van der Waals surface area (Å²) in [7, 11) is -3.70. The van der Waals surface area contributed by atoms with Gasteiger partial charge in [-0.25, -0.2) is 8.42 Å². The van der Waals surface area contributed by atoms with Crippen LogP contribution in [-0.4, -0.2) is 39.0 Å². The Labute approximate surface area is 204 Å². The first-order chi connectivity index (χ1) is 16.9. The van der Waals surface area contributed by atoms with E-state index >= 15 is 0 Å². The minimum absolute atomic E-state index is 0.0518. The zero-order valence-electron chi connectivity index (χ0n) is 19.0. The number of Topliss-reactive ketones (excluding diaryl/α,β-unsaturated/α-hetero) is 1. The fourth-order valence-corrected chi connectivity index (χ4v) is 4.60. The molecule has 0 aliphatic heterocycles. The molecule has 4 aromatic rings. The molecule has 0 radical (unpaired) electrons. The summed E-state index contributed by atoms with van der Waals surface area (Å²) in [5.74, 6) is 0.574. The molecule has 7 nitrogen and oxygen atoms in total. The monoisotopic (exact) mass is 490 g/mol. The molecule has 3 N–H and O–H groups in total. The molecule has 0 unspecified atom stereocenters. The molecule has 0 heterocycles. The van der Waals surface area contributed by atoms with Gasteiger partial charge in [-0.2, -0.15) is 0 Å². The Hall–Kier alpha value is -3.88. The standard InChI is InChI=1S/C27H26N2O5S/c30-24-10-12-26(13-11-24)34-19-25(31)18-28-16-15-20-5-8-23(9-6-20)29-35(32,33)27-14-7-21-3-1-2-4-22(21)17-27/h1-14,17,28-30H,15-16,18-19H2. The summed E-state index contributed by atoms with van der Waals surface area (Å²) < 4.78 is 33.6. The lowest BCUT2D eigenvalue weighted by Crippen LogP contribution is -2.28. The average molecular weight is 491 g/mol. The van der Waals surface area contributed by atoms with E-state index in [9.17, 15) is 18.3 Å². The number of hydrogen-bond donors (Lipinski definition) is 3. The number of phenols is 1. The van der Waals surface area contributed by atoms with Gasteiger partial charge in [-0.05, 0) is 77.8 Å². The van der Waals surface area contributed by atoms with E-state index < -0.39 is 10.0 Å². The number of hydrogen-bond acceptors (Lipinski definition) is 6. The number of anilines is 1. The number of ketones is 1. The van der Waals surface area contributed by atoms with Gasteiger partial charge in [0.15, 0.2) is 5.78 Å². The van der Waals surface area contributed by atoms with Crippen molar-refractivity contribution in [2.75, 3.05) is 24.4 Å². The van der Waals surface area contributed by atoms with Crippen LogP contribution in [0.5, 0.6) is 11.5 Å². The Morgan fingerprint density at radius 1 is 0.857 bits per heavy atom. The van der Waals surface area contributed by atoms with Gasteiger partial charge in [-0.3, -0.25) is 9.52 Å². The molecule has 4 aromatic carbocycles. The number of nitrogens with one attached hydrogen (secondary N) is 2. The molecule has 0 fully saturated rings. The number of carbonyl (C=O) groups excluding carboxylic acids is 1. The van der Waals surface area contributed by atoms with Gasteiger partial charge in [0.05, 0.1) is 11.4 Å². The summed E-state index contributed by atoms with van der Waals surface area (Å²) >= 11 is 0. The Morgan fingerprint density at radius 3 is 2.31 bits per heavy atom. The zero-order chi connectivity index (χ0) is 24.7. The van der Waals surface area contributed by atoms with Crippen molar-refractivity contribution >= 4 is 32.3 Å². The maximum Gasteiger partial charge on any atom is 0.261 e. The minimum atomic E-state index is -3.70. The van der Waals surface area contributed by atoms with E-state index in [1.807, 2.05) is 36.4 Å². The predicted molar refractivity (Wildman–Crippen MR) is 136 cm³/mol. The van der Waals surface area contributed by atoms with Crippen LogP contribution in [0, 0.1) is 0 Å². The van der Waals surface area contributed by atoms with Crippen molar-refractivity contribution in [3.8, 4) is 11.5 Å². The summed E-state index contributed by atoms with van der Waals surface area (Å²) in [4.78, 5) is 12.2. The van der Waals surface area contributed by atoms with Crippen LogP contribution in [0.3, 0.4) is 0 Å². The Kier molecular flexibility index (Phi) is 7.64. The van der Waals surface area contributed by atoms with Gasteiger partial charge >= 0.3 is 0 Å². The number of aromatic hydroxyl groups is 1. The quantitative estimate of drug-likeness (QED) is 0.273. The first-order valence-electron chi connectivity index (χ1n) is 11.1. The number of ether oxygens (including phenoxy) is 1. The second-order valence-corrected chi connectivity index (χ2v) is 9.74. The summed E-state index contributed by atoms with van der Waals surface area (Å²) in [6, 6.07) is 26.0. The number of fused-ring (bicyclic) bond motifs is 1. The van der Waals surface area contributed by atoms with Gasteiger partial charge in [-0.1, -0.05) is 42.5 Å². The van der Waals surface area contributed by atoms with E-state index in [1.165, 1.54) is 12.1 Å². The summed E-state index contributed by atoms with van der Waals surface area (Å²) in [5.41, 5.74) is 1.50. The lowest BCUT2D eigenvalue weighted by atomic mass is 10.1. The molecule has 0 amide bonds. The molecule has 0 aliphatic rings. The first kappa shape index (κ1) is 24.3. The smallest absolute Gasteiger partial charge is 0.261 e. The molecular formula is C27H26N2O5S. The Bertz CT molecular complexity index is 1400. The SMILES string of the molecule is O=C(CNCCc1ccc(NS(=O)(=O)c2ccc3ccccc3c2)cc1)COc1ccc(O)cc1. The highest BCUT2D eigenvalue weighted by Crippen LogP contribution is 2.22. The fourth-order valence-electron chi connectivity index (χ4n) is 3.51. The van der Waals surface area contributed by atoms with Gasteiger partial charge in [-0.15, -0.1) is 0 Å². The molecule has 0 saturated heterocycles. The highest BCUT2D eigenvalue weighted by atomic mass is 32.2.